The monoisotopic (exact) mass is 332 g/mol. The molecule has 6 heteroatoms. The Kier molecular flexibility index (Phi) is 4.12. The van der Waals surface area contributed by atoms with Crippen molar-refractivity contribution in [1.82, 2.24) is 9.71 Å². The molecule has 0 amide bonds. The number of aromatic nitrogens is 1. The zero-order valence-electron chi connectivity index (χ0n) is 13.2. The molecule has 1 aromatic heterocycles. The molecule has 2 aromatic rings. The number of hydrogen-bond acceptors (Lipinski definition) is 4. The van der Waals surface area contributed by atoms with E-state index in [-0.39, 0.29) is 10.3 Å². The molecule has 23 heavy (non-hydrogen) atoms. The third-order valence-corrected chi connectivity index (χ3v) is 5.69. The Morgan fingerprint density at radius 1 is 1.26 bits per heavy atom. The number of benzene rings is 1. The summed E-state index contributed by atoms with van der Waals surface area (Å²) in [5.74, 6) is 0.353. The van der Waals surface area contributed by atoms with Crippen molar-refractivity contribution in [1.29, 1.82) is 0 Å². The minimum Gasteiger partial charge on any atom is -0.495 e. The van der Waals surface area contributed by atoms with Crippen LogP contribution in [0.4, 0.5) is 0 Å². The van der Waals surface area contributed by atoms with E-state index in [9.17, 15) is 8.42 Å². The van der Waals surface area contributed by atoms with Gasteiger partial charge in [0.15, 0.2) is 0 Å². The molecule has 1 aromatic carbocycles. The van der Waals surface area contributed by atoms with E-state index in [2.05, 4.69) is 9.71 Å². The van der Waals surface area contributed by atoms with Crippen molar-refractivity contribution in [2.45, 2.75) is 30.1 Å². The summed E-state index contributed by atoms with van der Waals surface area (Å²) in [5, 5.41) is 0. The van der Waals surface area contributed by atoms with Gasteiger partial charge >= 0.3 is 0 Å². The van der Waals surface area contributed by atoms with E-state index >= 15 is 0 Å². The highest BCUT2D eigenvalue weighted by molar-refractivity contribution is 7.89. The topological polar surface area (TPSA) is 68.3 Å². The Bertz CT molecular complexity index is 800. The van der Waals surface area contributed by atoms with E-state index in [0.717, 1.165) is 24.1 Å². The Balaban J connectivity index is 1.82. The number of rotatable bonds is 6. The fraction of sp³-hybridized carbons (Fsp3) is 0.353. The molecule has 3 rings (SSSR count). The number of sulfonamides is 1. The van der Waals surface area contributed by atoms with Gasteiger partial charge in [0, 0.05) is 23.9 Å². The molecular weight excluding hydrogens is 312 g/mol. The van der Waals surface area contributed by atoms with Gasteiger partial charge in [0.05, 0.1) is 7.11 Å². The lowest BCUT2D eigenvalue weighted by Crippen LogP contribution is -2.33. The average molecular weight is 332 g/mol. The lowest BCUT2D eigenvalue weighted by molar-refractivity contribution is 0.402. The molecule has 5 nitrogen and oxygen atoms in total. The van der Waals surface area contributed by atoms with Crippen LogP contribution in [0.25, 0.3) is 0 Å². The highest BCUT2D eigenvalue weighted by Crippen LogP contribution is 2.46. The van der Waals surface area contributed by atoms with Crippen LogP contribution in [0.15, 0.2) is 47.5 Å². The standard InChI is InChI=1S/C17H20N2O3S/c1-13-6-7-14(22-2)15(11-13)23(20,21)19-12-17(8-9-17)16-5-3-4-10-18-16/h3-7,10-11,19H,8-9,12H2,1-2H3. The van der Waals surface area contributed by atoms with Crippen LogP contribution in [0, 0.1) is 6.92 Å². The third-order valence-electron chi connectivity index (χ3n) is 4.27. The van der Waals surface area contributed by atoms with Gasteiger partial charge < -0.3 is 4.74 Å². The van der Waals surface area contributed by atoms with E-state index in [1.807, 2.05) is 31.2 Å². The second kappa shape index (κ2) is 5.94. The zero-order valence-corrected chi connectivity index (χ0v) is 14.1. The number of hydrogen-bond donors (Lipinski definition) is 1. The minimum absolute atomic E-state index is 0.175. The predicted molar refractivity (Wildman–Crippen MR) is 88.1 cm³/mol. The van der Waals surface area contributed by atoms with Crippen LogP contribution in [0.5, 0.6) is 5.75 Å². The molecular formula is C17H20N2O3S. The van der Waals surface area contributed by atoms with Crippen molar-refractivity contribution < 1.29 is 13.2 Å². The third kappa shape index (κ3) is 3.23. The summed E-state index contributed by atoms with van der Waals surface area (Å²) in [6.45, 7) is 2.21. The Morgan fingerprint density at radius 3 is 2.65 bits per heavy atom. The van der Waals surface area contributed by atoms with Gasteiger partial charge in [-0.25, -0.2) is 13.1 Å². The first-order chi connectivity index (χ1) is 11.0. The average Bonchev–Trinajstić information content (AvgIpc) is 3.35. The number of pyridine rings is 1. The molecule has 1 N–H and O–H groups in total. The summed E-state index contributed by atoms with van der Waals surface area (Å²) in [6.07, 6.45) is 3.63. The minimum atomic E-state index is -3.63. The fourth-order valence-corrected chi connectivity index (χ4v) is 4.03. The maximum Gasteiger partial charge on any atom is 0.244 e. The number of nitrogens with one attached hydrogen (secondary N) is 1. The summed E-state index contributed by atoms with van der Waals surface area (Å²) in [7, 11) is -2.16. The Labute approximate surface area is 136 Å². The van der Waals surface area contributed by atoms with Gasteiger partial charge in [0.2, 0.25) is 10.0 Å². The van der Waals surface area contributed by atoms with Crippen LogP contribution in [0.2, 0.25) is 0 Å². The maximum absolute atomic E-state index is 12.7. The number of aryl methyl sites for hydroxylation is 1. The largest absolute Gasteiger partial charge is 0.495 e. The van der Waals surface area contributed by atoms with Gasteiger partial charge in [-0.1, -0.05) is 12.1 Å². The molecule has 1 aliphatic rings. The molecule has 0 spiro atoms. The van der Waals surface area contributed by atoms with Gasteiger partial charge in [-0.05, 0) is 49.6 Å². The van der Waals surface area contributed by atoms with Crippen molar-refractivity contribution in [2.24, 2.45) is 0 Å². The van der Waals surface area contributed by atoms with Crippen molar-refractivity contribution in [3.63, 3.8) is 0 Å². The van der Waals surface area contributed by atoms with Gasteiger partial charge in [0.25, 0.3) is 0 Å². The Hall–Kier alpha value is -1.92. The fourth-order valence-electron chi connectivity index (χ4n) is 2.66. The quantitative estimate of drug-likeness (QED) is 0.882. The van der Waals surface area contributed by atoms with Crippen molar-refractivity contribution in [3.05, 3.63) is 53.9 Å². The SMILES string of the molecule is COc1ccc(C)cc1S(=O)(=O)NCC1(c2ccccn2)CC1. The number of methoxy groups -OCH3 is 1. The first-order valence-corrected chi connectivity index (χ1v) is 9.01. The molecule has 1 aliphatic carbocycles. The van der Waals surface area contributed by atoms with E-state index in [1.54, 1.807) is 18.3 Å². The van der Waals surface area contributed by atoms with Gasteiger partial charge in [-0.2, -0.15) is 0 Å². The van der Waals surface area contributed by atoms with Crippen molar-refractivity contribution in [2.75, 3.05) is 13.7 Å². The smallest absolute Gasteiger partial charge is 0.244 e. The summed E-state index contributed by atoms with van der Waals surface area (Å²) in [5.41, 5.74) is 1.64. The zero-order chi connectivity index (χ0) is 16.5. The predicted octanol–water partition coefficient (Wildman–Crippen LogP) is 2.41. The second-order valence-electron chi connectivity index (χ2n) is 5.97. The molecule has 1 heterocycles. The molecule has 0 saturated heterocycles. The summed E-state index contributed by atoms with van der Waals surface area (Å²) >= 11 is 0. The maximum atomic E-state index is 12.7. The van der Waals surface area contributed by atoms with Gasteiger partial charge in [-0.3, -0.25) is 4.98 Å². The van der Waals surface area contributed by atoms with Crippen LogP contribution in [0.1, 0.15) is 24.1 Å². The van der Waals surface area contributed by atoms with E-state index in [0.29, 0.717) is 12.3 Å². The molecule has 0 atom stereocenters. The van der Waals surface area contributed by atoms with Gasteiger partial charge in [0.1, 0.15) is 10.6 Å². The molecule has 1 fully saturated rings. The summed E-state index contributed by atoms with van der Waals surface area (Å²) in [6, 6.07) is 10.9. The molecule has 0 unspecified atom stereocenters. The normalized spacial score (nSPS) is 16.1. The van der Waals surface area contributed by atoms with Crippen LogP contribution in [-0.4, -0.2) is 27.1 Å². The van der Waals surface area contributed by atoms with E-state index < -0.39 is 10.0 Å². The lowest BCUT2D eigenvalue weighted by Gasteiger charge is -2.17. The van der Waals surface area contributed by atoms with Crippen LogP contribution >= 0.6 is 0 Å². The van der Waals surface area contributed by atoms with Crippen molar-refractivity contribution in [3.8, 4) is 5.75 Å². The second-order valence-corrected chi connectivity index (χ2v) is 7.71. The highest BCUT2D eigenvalue weighted by atomic mass is 32.2. The number of ether oxygens (including phenoxy) is 1. The van der Waals surface area contributed by atoms with E-state index in [4.69, 9.17) is 4.74 Å². The first kappa shape index (κ1) is 16.0. The summed E-state index contributed by atoms with van der Waals surface area (Å²) in [4.78, 5) is 4.55. The first-order valence-electron chi connectivity index (χ1n) is 7.53. The van der Waals surface area contributed by atoms with Crippen molar-refractivity contribution >= 4 is 10.0 Å². The van der Waals surface area contributed by atoms with Crippen LogP contribution in [0.3, 0.4) is 0 Å². The van der Waals surface area contributed by atoms with Gasteiger partial charge in [-0.15, -0.1) is 0 Å². The number of nitrogens with zero attached hydrogens (tertiary/aromatic N) is 1. The van der Waals surface area contributed by atoms with Crippen LogP contribution < -0.4 is 9.46 Å². The Morgan fingerprint density at radius 2 is 2.04 bits per heavy atom. The molecule has 122 valence electrons. The molecule has 0 bridgehead atoms. The molecule has 0 aliphatic heterocycles. The lowest BCUT2D eigenvalue weighted by atomic mass is 10.0. The van der Waals surface area contributed by atoms with Crippen LogP contribution in [-0.2, 0) is 15.4 Å². The van der Waals surface area contributed by atoms with E-state index in [1.165, 1.54) is 7.11 Å². The molecule has 1 saturated carbocycles. The summed E-state index contributed by atoms with van der Waals surface area (Å²) < 4.78 is 33.2. The molecule has 0 radical (unpaired) electrons. The highest BCUT2D eigenvalue weighted by Gasteiger charge is 2.46.